The van der Waals surface area contributed by atoms with Crippen LogP contribution in [-0.4, -0.2) is 87.8 Å². The molecule has 10 nitrogen and oxygen atoms in total. The first kappa shape index (κ1) is 31.0. The maximum atomic E-state index is 12.1. The molecule has 2 aliphatic rings. The predicted octanol–water partition coefficient (Wildman–Crippen LogP) is 3.63. The molecule has 4 rings (SSSR count). The van der Waals surface area contributed by atoms with E-state index < -0.39 is 11.9 Å². The minimum Gasteiger partial charge on any atom is -0.489 e. The van der Waals surface area contributed by atoms with Gasteiger partial charge in [-0.05, 0) is 51.0 Å². The normalized spacial score (nSPS) is 16.1. The summed E-state index contributed by atoms with van der Waals surface area (Å²) >= 11 is 0. The lowest BCUT2D eigenvalue weighted by Crippen LogP contribution is -2.47. The van der Waals surface area contributed by atoms with Crippen LogP contribution in [0.1, 0.15) is 57.3 Å². The van der Waals surface area contributed by atoms with E-state index in [1.165, 1.54) is 17.1 Å². The number of likely N-dealkylation sites (tertiary alicyclic amines) is 1. The first-order chi connectivity index (χ1) is 19.1. The maximum absolute atomic E-state index is 12.1. The minimum atomic E-state index is -1.08. The maximum Gasteiger partial charge on any atom is 0.303 e. The number of hydrogen-bond acceptors (Lipinski definition) is 6. The highest BCUT2D eigenvalue weighted by atomic mass is 16.5. The Kier molecular flexibility index (Phi) is 11.9. The zero-order chi connectivity index (χ0) is 29.1. The third-order valence-electron chi connectivity index (χ3n) is 7.28. The van der Waals surface area contributed by atoms with E-state index in [4.69, 9.17) is 14.9 Å². The molecule has 0 bridgehead atoms. The lowest BCUT2D eigenvalue weighted by atomic mass is 10.1. The number of para-hydroxylation sites is 2. The van der Waals surface area contributed by atoms with Crippen LogP contribution in [0.5, 0.6) is 5.75 Å². The summed E-state index contributed by atoms with van der Waals surface area (Å²) in [7, 11) is 2.14. The summed E-state index contributed by atoms with van der Waals surface area (Å²) in [6, 6.07) is 12.8. The number of aromatic nitrogens is 1. The number of carboxylic acid groups (broad SMARTS) is 2. The van der Waals surface area contributed by atoms with Crippen LogP contribution < -0.4 is 9.64 Å². The number of anilines is 1. The monoisotopic (exact) mass is 556 g/mol. The number of nitrogens with zero attached hydrogens (tertiary/aromatic N) is 4. The number of carbonyl (C=O) groups excluding carboxylic acids is 1. The second-order valence-corrected chi connectivity index (χ2v) is 10.6. The van der Waals surface area contributed by atoms with Crippen LogP contribution >= 0.6 is 0 Å². The van der Waals surface area contributed by atoms with Crippen molar-refractivity contribution in [2.75, 3.05) is 44.2 Å². The topological polar surface area (TPSA) is 116 Å². The van der Waals surface area contributed by atoms with Crippen molar-refractivity contribution in [2.45, 2.75) is 65.0 Å². The highest BCUT2D eigenvalue weighted by Gasteiger charge is 2.22. The molecule has 0 radical (unpaired) electrons. The summed E-state index contributed by atoms with van der Waals surface area (Å²) in [6.07, 6.45) is 3.50. The van der Waals surface area contributed by atoms with Crippen molar-refractivity contribution >= 4 is 23.5 Å². The highest BCUT2D eigenvalue weighted by Crippen LogP contribution is 2.29. The number of piperidine rings is 1. The van der Waals surface area contributed by atoms with Gasteiger partial charge in [0.25, 0.3) is 0 Å². The Labute approximate surface area is 237 Å². The van der Waals surface area contributed by atoms with Gasteiger partial charge in [0.05, 0.1) is 31.2 Å². The standard InChI is InChI=1S/C26H38N4O2.C4H6O4/c1-21(2)32-25-9-5-4-8-24(25)29-18-16-28(17-19-29)15-13-22-11-12-23(27(22)3)20-30-14-7-6-10-26(30)31;5-3(6)1-2-4(7)8/h4-5,8-9,11-12,21H,6-7,10,13-20H2,1-3H3;1-2H2,(H,5,6)(H,7,8). The van der Waals surface area contributed by atoms with E-state index in [1.807, 2.05) is 11.0 Å². The Bertz CT molecular complexity index is 1110. The van der Waals surface area contributed by atoms with Crippen LogP contribution in [0.3, 0.4) is 0 Å². The summed E-state index contributed by atoms with van der Waals surface area (Å²) in [5.74, 6) is -0.864. The number of ether oxygens (including phenoxy) is 1. The Morgan fingerprint density at radius 1 is 0.900 bits per heavy atom. The fourth-order valence-corrected chi connectivity index (χ4v) is 5.01. The molecule has 0 saturated carbocycles. The van der Waals surface area contributed by atoms with Crippen LogP contribution in [0.15, 0.2) is 36.4 Å². The van der Waals surface area contributed by atoms with E-state index in [0.29, 0.717) is 12.3 Å². The van der Waals surface area contributed by atoms with E-state index in [9.17, 15) is 14.4 Å². The summed E-state index contributed by atoms with van der Waals surface area (Å²) in [5, 5.41) is 15.8. The van der Waals surface area contributed by atoms with Gasteiger partial charge in [0.2, 0.25) is 5.91 Å². The molecule has 1 amide bonds. The SMILES string of the molecule is CC(C)Oc1ccccc1N1CCN(CCc2ccc(CN3CCCCC3=O)n2C)CC1.O=C(O)CCC(=O)O. The zero-order valence-electron chi connectivity index (χ0n) is 24.1. The summed E-state index contributed by atoms with van der Waals surface area (Å²) in [5.41, 5.74) is 3.80. The fourth-order valence-electron chi connectivity index (χ4n) is 5.01. The number of aliphatic carboxylic acids is 2. The van der Waals surface area contributed by atoms with E-state index in [1.54, 1.807) is 0 Å². The molecule has 220 valence electrons. The number of piperazine rings is 1. The average Bonchev–Trinajstić information content (AvgIpc) is 3.27. The number of hydrogen-bond donors (Lipinski definition) is 2. The molecule has 2 N–H and O–H groups in total. The Morgan fingerprint density at radius 2 is 1.55 bits per heavy atom. The molecular formula is C30H44N4O6. The third kappa shape index (κ3) is 9.59. The van der Waals surface area contributed by atoms with Crippen molar-refractivity contribution in [2.24, 2.45) is 7.05 Å². The van der Waals surface area contributed by atoms with Gasteiger partial charge in [0.1, 0.15) is 5.75 Å². The Hall–Kier alpha value is -3.53. The zero-order valence-corrected chi connectivity index (χ0v) is 24.1. The third-order valence-corrected chi connectivity index (χ3v) is 7.28. The van der Waals surface area contributed by atoms with Crippen molar-refractivity contribution in [1.29, 1.82) is 0 Å². The van der Waals surface area contributed by atoms with Crippen LogP contribution in [0.4, 0.5) is 5.69 Å². The lowest BCUT2D eigenvalue weighted by molar-refractivity contribution is -0.143. The summed E-state index contributed by atoms with van der Waals surface area (Å²) < 4.78 is 8.31. The molecule has 0 spiro atoms. The summed E-state index contributed by atoms with van der Waals surface area (Å²) in [6.45, 7) is 11.0. The fraction of sp³-hybridized carbons (Fsp3) is 0.567. The van der Waals surface area contributed by atoms with Gasteiger partial charge in [-0.25, -0.2) is 0 Å². The van der Waals surface area contributed by atoms with Crippen molar-refractivity contribution in [3.8, 4) is 5.75 Å². The van der Waals surface area contributed by atoms with Gasteiger partial charge in [0.15, 0.2) is 0 Å². The summed E-state index contributed by atoms with van der Waals surface area (Å²) in [4.78, 5) is 38.5. The number of benzene rings is 1. The van der Waals surface area contributed by atoms with E-state index in [0.717, 1.165) is 70.8 Å². The number of amides is 1. The molecule has 3 heterocycles. The number of carbonyl (C=O) groups is 3. The second-order valence-electron chi connectivity index (χ2n) is 10.6. The van der Waals surface area contributed by atoms with Crippen molar-refractivity contribution < 1.29 is 29.3 Å². The van der Waals surface area contributed by atoms with Gasteiger partial charge in [-0.2, -0.15) is 0 Å². The molecular weight excluding hydrogens is 512 g/mol. The van der Waals surface area contributed by atoms with Crippen molar-refractivity contribution in [3.63, 3.8) is 0 Å². The van der Waals surface area contributed by atoms with Gasteiger partial charge >= 0.3 is 11.9 Å². The van der Waals surface area contributed by atoms with Crippen LogP contribution in [0.25, 0.3) is 0 Å². The predicted molar refractivity (Wildman–Crippen MR) is 154 cm³/mol. The van der Waals surface area contributed by atoms with Gasteiger partial charge in [-0.3, -0.25) is 19.3 Å². The quantitative estimate of drug-likeness (QED) is 0.431. The second kappa shape index (κ2) is 15.3. The Balaban J connectivity index is 0.000000482. The molecule has 2 fully saturated rings. The minimum absolute atomic E-state index is 0.181. The van der Waals surface area contributed by atoms with Crippen LogP contribution in [-0.2, 0) is 34.4 Å². The molecule has 1 aromatic carbocycles. The molecule has 0 unspecified atom stereocenters. The molecule has 40 heavy (non-hydrogen) atoms. The van der Waals surface area contributed by atoms with Crippen molar-refractivity contribution in [3.05, 3.63) is 47.8 Å². The van der Waals surface area contributed by atoms with E-state index >= 15 is 0 Å². The molecule has 10 heteroatoms. The number of rotatable bonds is 11. The molecule has 2 aliphatic heterocycles. The van der Waals surface area contributed by atoms with Gasteiger partial charge in [-0.1, -0.05) is 12.1 Å². The largest absolute Gasteiger partial charge is 0.489 e. The lowest BCUT2D eigenvalue weighted by Gasteiger charge is -2.37. The highest BCUT2D eigenvalue weighted by molar-refractivity contribution is 5.76. The van der Waals surface area contributed by atoms with Gasteiger partial charge in [-0.15, -0.1) is 0 Å². The smallest absolute Gasteiger partial charge is 0.303 e. The molecule has 2 saturated heterocycles. The van der Waals surface area contributed by atoms with E-state index in [2.05, 4.69) is 65.6 Å². The van der Waals surface area contributed by atoms with Crippen LogP contribution in [0.2, 0.25) is 0 Å². The average molecular weight is 557 g/mol. The van der Waals surface area contributed by atoms with Crippen LogP contribution in [0, 0.1) is 0 Å². The first-order valence-corrected chi connectivity index (χ1v) is 14.2. The van der Waals surface area contributed by atoms with Gasteiger partial charge in [0, 0.05) is 70.5 Å². The van der Waals surface area contributed by atoms with E-state index in [-0.39, 0.29) is 18.9 Å². The number of carboxylic acids is 2. The molecule has 0 aliphatic carbocycles. The molecule has 0 atom stereocenters. The van der Waals surface area contributed by atoms with Crippen molar-refractivity contribution in [1.82, 2.24) is 14.4 Å². The van der Waals surface area contributed by atoms with Gasteiger partial charge < -0.3 is 29.3 Å². The molecule has 1 aromatic heterocycles. The first-order valence-electron chi connectivity index (χ1n) is 14.2. The Morgan fingerprint density at radius 3 is 2.17 bits per heavy atom. The molecule has 2 aromatic rings.